The molecule has 182 valence electrons. The second-order valence-corrected chi connectivity index (χ2v) is 8.12. The molecular formula is C26H23FN6O3. The highest BCUT2D eigenvalue weighted by Gasteiger charge is 2.34. The Kier molecular flexibility index (Phi) is 6.07. The number of rotatable bonds is 6. The van der Waals surface area contributed by atoms with Crippen LogP contribution < -0.4 is 20.1 Å². The van der Waals surface area contributed by atoms with Gasteiger partial charge in [0.15, 0.2) is 5.82 Å². The van der Waals surface area contributed by atoms with Gasteiger partial charge in [-0.25, -0.2) is 9.07 Å². The average molecular weight is 487 g/mol. The number of hydrogen-bond donors (Lipinski definition) is 2. The number of nitrogens with zero attached hydrogens (tertiary/aromatic N) is 4. The van der Waals surface area contributed by atoms with Crippen molar-refractivity contribution in [3.05, 3.63) is 89.6 Å². The van der Waals surface area contributed by atoms with Crippen molar-refractivity contribution in [1.29, 1.82) is 0 Å². The highest BCUT2D eigenvalue weighted by molar-refractivity contribution is 6.05. The molecule has 1 aliphatic rings. The predicted octanol–water partition coefficient (Wildman–Crippen LogP) is 4.42. The minimum absolute atomic E-state index is 0.340. The highest BCUT2D eigenvalue weighted by atomic mass is 19.1. The molecule has 36 heavy (non-hydrogen) atoms. The van der Waals surface area contributed by atoms with Crippen LogP contribution in [0.1, 0.15) is 18.5 Å². The molecule has 2 aromatic carbocycles. The van der Waals surface area contributed by atoms with Crippen molar-refractivity contribution in [3.8, 4) is 22.9 Å². The summed E-state index contributed by atoms with van der Waals surface area (Å²) >= 11 is 0. The first-order chi connectivity index (χ1) is 17.5. The van der Waals surface area contributed by atoms with Gasteiger partial charge >= 0.3 is 0 Å². The van der Waals surface area contributed by atoms with Gasteiger partial charge in [-0.05, 0) is 48.9 Å². The Bertz CT molecular complexity index is 1430. The second kappa shape index (κ2) is 9.49. The summed E-state index contributed by atoms with van der Waals surface area (Å²) in [4.78, 5) is 22.2. The van der Waals surface area contributed by atoms with E-state index in [2.05, 4.69) is 20.6 Å². The molecule has 0 saturated heterocycles. The fraction of sp³-hybridized carbons (Fsp3) is 0.154. The van der Waals surface area contributed by atoms with Crippen molar-refractivity contribution < 1.29 is 18.7 Å². The molecule has 0 saturated carbocycles. The first-order valence-electron chi connectivity index (χ1n) is 11.1. The number of aromatic nitrogens is 4. The molecule has 9 nitrogen and oxygen atoms in total. The first-order valence-corrected chi connectivity index (χ1v) is 11.1. The van der Waals surface area contributed by atoms with E-state index in [0.717, 1.165) is 0 Å². The van der Waals surface area contributed by atoms with Crippen LogP contribution >= 0.6 is 0 Å². The van der Waals surface area contributed by atoms with E-state index in [0.29, 0.717) is 51.4 Å². The summed E-state index contributed by atoms with van der Waals surface area (Å²) in [6, 6.07) is 14.2. The minimum atomic E-state index is -0.660. The third kappa shape index (κ3) is 4.36. The lowest BCUT2D eigenvalue weighted by Crippen LogP contribution is -2.31. The molecule has 1 atom stereocenters. The lowest BCUT2D eigenvalue weighted by atomic mass is 9.95. The standard InChI is InChI=1S/C26H23FN6O3/c1-15-22(25(34)30-19-5-4-10-28-14-19)23(16-6-8-18(27)9-7-16)33-26(29-15)31-24(32-33)17-11-20(35-2)13-21(12-17)36-3/h4-14,23H,1-3H3,(H,30,34)(H,29,31,32)/t23-/m1/s1. The van der Waals surface area contributed by atoms with Crippen molar-refractivity contribution >= 4 is 17.5 Å². The van der Waals surface area contributed by atoms with Crippen molar-refractivity contribution in [2.45, 2.75) is 13.0 Å². The van der Waals surface area contributed by atoms with Gasteiger partial charge < -0.3 is 20.1 Å². The summed E-state index contributed by atoms with van der Waals surface area (Å²) in [5, 5.41) is 10.8. The van der Waals surface area contributed by atoms with Crippen LogP contribution in [0.3, 0.4) is 0 Å². The van der Waals surface area contributed by atoms with Gasteiger partial charge in [-0.2, -0.15) is 4.98 Å². The number of methoxy groups -OCH3 is 2. The number of hydrogen-bond acceptors (Lipinski definition) is 7. The van der Waals surface area contributed by atoms with Gasteiger partial charge in [0, 0.05) is 23.5 Å². The van der Waals surface area contributed by atoms with E-state index < -0.39 is 6.04 Å². The number of halogens is 1. The largest absolute Gasteiger partial charge is 0.497 e. The second-order valence-electron chi connectivity index (χ2n) is 8.12. The molecule has 5 rings (SSSR count). The lowest BCUT2D eigenvalue weighted by Gasteiger charge is -2.28. The third-order valence-corrected chi connectivity index (χ3v) is 5.81. The number of allylic oxidation sites excluding steroid dienone is 1. The summed E-state index contributed by atoms with van der Waals surface area (Å²) < 4.78 is 26.2. The molecule has 1 amide bonds. The number of amides is 1. The maximum Gasteiger partial charge on any atom is 0.255 e. The Morgan fingerprint density at radius 3 is 2.44 bits per heavy atom. The zero-order valence-corrected chi connectivity index (χ0v) is 19.8. The van der Waals surface area contributed by atoms with Crippen molar-refractivity contribution in [2.75, 3.05) is 24.9 Å². The van der Waals surface area contributed by atoms with Crippen LogP contribution in [-0.2, 0) is 4.79 Å². The molecule has 0 unspecified atom stereocenters. The van der Waals surface area contributed by atoms with Crippen LogP contribution in [0.25, 0.3) is 11.4 Å². The van der Waals surface area contributed by atoms with Crippen molar-refractivity contribution in [1.82, 2.24) is 19.7 Å². The Balaban J connectivity index is 1.61. The van der Waals surface area contributed by atoms with Crippen LogP contribution in [0.15, 0.2) is 78.3 Å². The molecule has 2 N–H and O–H groups in total. The molecule has 4 aromatic rings. The number of nitrogens with one attached hydrogen (secondary N) is 2. The first kappa shape index (κ1) is 23.0. The van der Waals surface area contributed by atoms with Crippen LogP contribution in [-0.4, -0.2) is 39.9 Å². The van der Waals surface area contributed by atoms with Gasteiger partial charge in [0.1, 0.15) is 23.4 Å². The summed E-state index contributed by atoms with van der Waals surface area (Å²) in [7, 11) is 3.13. The van der Waals surface area contributed by atoms with Gasteiger partial charge in [0.2, 0.25) is 5.95 Å². The maximum atomic E-state index is 13.8. The predicted molar refractivity (Wildman–Crippen MR) is 132 cm³/mol. The Morgan fingerprint density at radius 1 is 1.08 bits per heavy atom. The van der Waals surface area contributed by atoms with E-state index in [-0.39, 0.29) is 11.7 Å². The molecule has 2 aromatic heterocycles. The van der Waals surface area contributed by atoms with Gasteiger partial charge in [0.25, 0.3) is 5.91 Å². The third-order valence-electron chi connectivity index (χ3n) is 5.81. The molecule has 0 fully saturated rings. The highest BCUT2D eigenvalue weighted by Crippen LogP contribution is 2.37. The molecule has 0 radical (unpaired) electrons. The monoisotopic (exact) mass is 486 g/mol. The smallest absolute Gasteiger partial charge is 0.255 e. The van der Waals surface area contributed by atoms with E-state index in [1.807, 2.05) is 0 Å². The number of pyridine rings is 1. The Hall–Kier alpha value is -4.73. The summed E-state index contributed by atoms with van der Waals surface area (Å²) in [5.74, 6) is 1.31. The zero-order chi connectivity index (χ0) is 25.2. The van der Waals surface area contributed by atoms with Crippen molar-refractivity contribution in [3.63, 3.8) is 0 Å². The lowest BCUT2D eigenvalue weighted by molar-refractivity contribution is -0.113. The summed E-state index contributed by atoms with van der Waals surface area (Å²) in [6.45, 7) is 1.79. The Labute approximate surface area is 206 Å². The number of ether oxygens (including phenoxy) is 2. The number of anilines is 2. The molecule has 0 bridgehead atoms. The van der Waals surface area contributed by atoms with Gasteiger partial charge in [-0.1, -0.05) is 12.1 Å². The van der Waals surface area contributed by atoms with E-state index in [9.17, 15) is 9.18 Å². The molecular weight excluding hydrogens is 463 g/mol. The average Bonchev–Trinajstić information content (AvgIpc) is 3.32. The topological polar surface area (TPSA) is 103 Å². The van der Waals surface area contributed by atoms with Gasteiger partial charge in [0.05, 0.1) is 31.7 Å². The quantitative estimate of drug-likeness (QED) is 0.416. The van der Waals surface area contributed by atoms with Crippen LogP contribution in [0.2, 0.25) is 0 Å². The normalized spacial score (nSPS) is 14.6. The van der Waals surface area contributed by atoms with Gasteiger partial charge in [-0.15, -0.1) is 5.10 Å². The Morgan fingerprint density at radius 2 is 1.81 bits per heavy atom. The SMILES string of the molecule is COc1cc(OC)cc(-c2nc3n(n2)[C@H](c2ccc(F)cc2)C(C(=O)Nc2cccnc2)=C(C)N3)c1. The van der Waals surface area contributed by atoms with Crippen LogP contribution in [0.4, 0.5) is 16.0 Å². The maximum absolute atomic E-state index is 13.8. The fourth-order valence-electron chi connectivity index (χ4n) is 4.09. The molecule has 3 heterocycles. The van der Waals surface area contributed by atoms with Crippen molar-refractivity contribution in [2.24, 2.45) is 0 Å². The number of fused-ring (bicyclic) bond motifs is 1. The van der Waals surface area contributed by atoms with Crippen LogP contribution in [0, 0.1) is 5.82 Å². The minimum Gasteiger partial charge on any atom is -0.497 e. The number of carbonyl (C=O) groups excluding carboxylic acids is 1. The van der Waals surface area contributed by atoms with E-state index in [1.54, 1.807) is 80.7 Å². The summed E-state index contributed by atoms with van der Waals surface area (Å²) in [5.41, 5.74) is 2.91. The van der Waals surface area contributed by atoms with E-state index in [4.69, 9.17) is 14.6 Å². The molecule has 0 aliphatic carbocycles. The molecule has 10 heteroatoms. The van der Waals surface area contributed by atoms with E-state index in [1.165, 1.54) is 12.1 Å². The van der Waals surface area contributed by atoms with Gasteiger partial charge in [-0.3, -0.25) is 9.78 Å². The summed E-state index contributed by atoms with van der Waals surface area (Å²) in [6.07, 6.45) is 3.19. The molecule has 1 aliphatic heterocycles. The number of carbonyl (C=O) groups is 1. The molecule has 0 spiro atoms. The van der Waals surface area contributed by atoms with E-state index >= 15 is 0 Å². The van der Waals surface area contributed by atoms with Crippen LogP contribution in [0.5, 0.6) is 11.5 Å². The fourth-order valence-corrected chi connectivity index (χ4v) is 4.09. The zero-order valence-electron chi connectivity index (χ0n) is 19.8. The number of benzene rings is 2.